The van der Waals surface area contributed by atoms with E-state index in [9.17, 15) is 0 Å². The van der Waals surface area contributed by atoms with Crippen LogP contribution in [0.4, 0.5) is 0 Å². The van der Waals surface area contributed by atoms with Crippen molar-refractivity contribution < 1.29 is 0 Å². The van der Waals surface area contributed by atoms with E-state index in [2.05, 4.69) is 32.6 Å². The molecule has 0 nitrogen and oxygen atoms in total. The van der Waals surface area contributed by atoms with E-state index >= 15 is 0 Å². The van der Waals surface area contributed by atoms with Crippen molar-refractivity contribution in [2.45, 2.75) is 20.8 Å². The molecule has 0 aromatic carbocycles. The van der Waals surface area contributed by atoms with Gasteiger partial charge in [0, 0.05) is 11.5 Å². The standard InChI is InChI=1S/C7H13S/c1-4-7(3)6-8-5-2/h4-5H,6H2,1-3H3/b7-4+. The van der Waals surface area contributed by atoms with Gasteiger partial charge in [-0.2, -0.15) is 11.8 Å². The average Bonchev–Trinajstić information content (AvgIpc) is 1.83. The average molecular weight is 129 g/mol. The van der Waals surface area contributed by atoms with Crippen LogP contribution < -0.4 is 0 Å². The molecule has 0 aromatic heterocycles. The van der Waals surface area contributed by atoms with Crippen LogP contribution in [0.25, 0.3) is 0 Å². The van der Waals surface area contributed by atoms with Crippen LogP contribution in [0.15, 0.2) is 11.6 Å². The molecule has 47 valence electrons. The molecule has 0 rings (SSSR count). The monoisotopic (exact) mass is 129 g/mol. The Bertz CT molecular complexity index is 74.5. The van der Waals surface area contributed by atoms with E-state index in [0.717, 1.165) is 5.75 Å². The Balaban J connectivity index is 3.12. The molecular weight excluding hydrogens is 116 g/mol. The second kappa shape index (κ2) is 5.23. The number of rotatable bonds is 3. The first-order valence-corrected chi connectivity index (χ1v) is 3.87. The topological polar surface area (TPSA) is 0 Å². The van der Waals surface area contributed by atoms with E-state index in [1.807, 2.05) is 11.8 Å². The summed E-state index contributed by atoms with van der Waals surface area (Å²) >= 11 is 1.85. The molecule has 1 heteroatoms. The van der Waals surface area contributed by atoms with Crippen molar-refractivity contribution in [2.75, 3.05) is 5.75 Å². The fourth-order valence-electron chi connectivity index (χ4n) is 0.298. The molecule has 0 saturated carbocycles. The maximum Gasteiger partial charge on any atom is 0.0143 e. The van der Waals surface area contributed by atoms with Crippen molar-refractivity contribution in [2.24, 2.45) is 0 Å². The molecule has 1 radical (unpaired) electrons. The highest BCUT2D eigenvalue weighted by Gasteiger charge is 1.84. The lowest BCUT2D eigenvalue weighted by Crippen LogP contribution is -1.77. The van der Waals surface area contributed by atoms with Gasteiger partial charge in [-0.1, -0.05) is 18.6 Å². The van der Waals surface area contributed by atoms with Crippen LogP contribution in [0.3, 0.4) is 0 Å². The number of hydrogen-bond donors (Lipinski definition) is 0. The fraction of sp³-hybridized carbons (Fsp3) is 0.571. The Morgan fingerprint density at radius 3 is 2.50 bits per heavy atom. The molecule has 0 N–H and O–H groups in total. The maximum absolute atomic E-state index is 2.15. The summed E-state index contributed by atoms with van der Waals surface area (Å²) in [5, 5.41) is 0. The molecule has 0 heterocycles. The Hall–Kier alpha value is 0.0900. The van der Waals surface area contributed by atoms with Crippen molar-refractivity contribution in [3.8, 4) is 0 Å². The molecule has 0 aliphatic heterocycles. The molecule has 0 amide bonds. The van der Waals surface area contributed by atoms with E-state index in [-0.39, 0.29) is 0 Å². The van der Waals surface area contributed by atoms with E-state index in [0.29, 0.717) is 0 Å². The molecule has 0 aliphatic carbocycles. The fourth-order valence-corrected chi connectivity index (χ4v) is 0.894. The molecule has 8 heavy (non-hydrogen) atoms. The minimum Gasteiger partial charge on any atom is -0.153 e. The third-order valence-corrected chi connectivity index (χ3v) is 1.93. The van der Waals surface area contributed by atoms with Crippen LogP contribution >= 0.6 is 11.8 Å². The first kappa shape index (κ1) is 8.09. The van der Waals surface area contributed by atoms with Gasteiger partial charge in [-0.15, -0.1) is 0 Å². The lowest BCUT2D eigenvalue weighted by Gasteiger charge is -1.94. The van der Waals surface area contributed by atoms with Crippen LogP contribution in [0.1, 0.15) is 20.8 Å². The van der Waals surface area contributed by atoms with Gasteiger partial charge in [0.25, 0.3) is 0 Å². The zero-order chi connectivity index (χ0) is 6.41. The first-order valence-electron chi connectivity index (χ1n) is 2.82. The second-order valence-corrected chi connectivity index (χ2v) is 2.78. The van der Waals surface area contributed by atoms with Crippen molar-refractivity contribution in [1.29, 1.82) is 0 Å². The van der Waals surface area contributed by atoms with Crippen LogP contribution in [0.5, 0.6) is 0 Å². The molecule has 0 atom stereocenters. The van der Waals surface area contributed by atoms with Gasteiger partial charge >= 0.3 is 0 Å². The zero-order valence-electron chi connectivity index (χ0n) is 5.77. The predicted octanol–water partition coefficient (Wildman–Crippen LogP) is 2.87. The van der Waals surface area contributed by atoms with Gasteiger partial charge < -0.3 is 0 Å². The summed E-state index contributed by atoms with van der Waals surface area (Å²) in [6, 6.07) is 0. The normalized spacial score (nSPS) is 12.1. The maximum atomic E-state index is 2.15. The van der Waals surface area contributed by atoms with Crippen molar-refractivity contribution in [3.05, 3.63) is 17.4 Å². The highest BCUT2D eigenvalue weighted by molar-refractivity contribution is 8.01. The summed E-state index contributed by atoms with van der Waals surface area (Å²) < 4.78 is 0. The predicted molar refractivity (Wildman–Crippen MR) is 41.9 cm³/mol. The molecule has 0 unspecified atom stereocenters. The van der Waals surface area contributed by atoms with Gasteiger partial charge in [-0.25, -0.2) is 0 Å². The molecule has 0 spiro atoms. The first-order chi connectivity index (χ1) is 3.81. The minimum absolute atomic E-state index is 1.15. The quantitative estimate of drug-likeness (QED) is 0.528. The van der Waals surface area contributed by atoms with E-state index in [1.165, 1.54) is 5.57 Å². The zero-order valence-corrected chi connectivity index (χ0v) is 6.59. The highest BCUT2D eigenvalue weighted by Crippen LogP contribution is 2.08. The Morgan fingerprint density at radius 2 is 2.12 bits per heavy atom. The molecule has 0 fully saturated rings. The lowest BCUT2D eigenvalue weighted by molar-refractivity contribution is 1.38. The van der Waals surface area contributed by atoms with Crippen molar-refractivity contribution in [3.63, 3.8) is 0 Å². The summed E-state index contributed by atoms with van der Waals surface area (Å²) in [5.74, 6) is 3.26. The number of hydrogen-bond acceptors (Lipinski definition) is 1. The van der Waals surface area contributed by atoms with Crippen LogP contribution in [-0.2, 0) is 0 Å². The third-order valence-electron chi connectivity index (χ3n) is 0.970. The second-order valence-electron chi connectivity index (χ2n) is 1.68. The summed E-state index contributed by atoms with van der Waals surface area (Å²) in [7, 11) is 0. The van der Waals surface area contributed by atoms with Crippen LogP contribution in [0.2, 0.25) is 0 Å². The number of allylic oxidation sites excluding steroid dienone is 1. The smallest absolute Gasteiger partial charge is 0.0143 e. The van der Waals surface area contributed by atoms with E-state index in [4.69, 9.17) is 0 Å². The summed E-state index contributed by atoms with van der Waals surface area (Å²) in [5.41, 5.74) is 1.45. The number of thioether (sulfide) groups is 1. The highest BCUT2D eigenvalue weighted by atomic mass is 32.2. The summed E-state index contributed by atoms with van der Waals surface area (Å²) in [6.45, 7) is 6.29. The Labute approximate surface area is 56.4 Å². The molecule has 0 saturated heterocycles. The summed E-state index contributed by atoms with van der Waals surface area (Å²) in [4.78, 5) is 0. The lowest BCUT2D eigenvalue weighted by atomic mass is 10.3. The van der Waals surface area contributed by atoms with E-state index in [1.54, 1.807) is 0 Å². The largest absolute Gasteiger partial charge is 0.153 e. The van der Waals surface area contributed by atoms with Gasteiger partial charge in [-0.05, 0) is 13.8 Å². The van der Waals surface area contributed by atoms with Crippen molar-refractivity contribution in [1.82, 2.24) is 0 Å². The molecule has 0 bridgehead atoms. The van der Waals surface area contributed by atoms with Crippen LogP contribution in [-0.4, -0.2) is 5.75 Å². The molecular formula is C7H13S. The van der Waals surface area contributed by atoms with E-state index < -0.39 is 0 Å². The Kier molecular flexibility index (Phi) is 5.29. The van der Waals surface area contributed by atoms with Crippen LogP contribution in [0, 0.1) is 5.75 Å². The summed E-state index contributed by atoms with van der Waals surface area (Å²) in [6.07, 6.45) is 2.15. The van der Waals surface area contributed by atoms with Gasteiger partial charge in [0.1, 0.15) is 0 Å². The SMILES string of the molecule is C[CH]SC/C(C)=C/C. The van der Waals surface area contributed by atoms with Gasteiger partial charge in [-0.3, -0.25) is 0 Å². The van der Waals surface area contributed by atoms with Gasteiger partial charge in [0.05, 0.1) is 0 Å². The van der Waals surface area contributed by atoms with Gasteiger partial charge in [0.15, 0.2) is 0 Å². The molecule has 0 aromatic rings. The molecule has 0 aliphatic rings. The van der Waals surface area contributed by atoms with Gasteiger partial charge in [0.2, 0.25) is 0 Å². The van der Waals surface area contributed by atoms with Crippen molar-refractivity contribution >= 4 is 11.8 Å². The Morgan fingerprint density at radius 1 is 1.50 bits per heavy atom. The third kappa shape index (κ3) is 4.25. The minimum atomic E-state index is 1.15.